The Hall–Kier alpha value is -0.820. The largest absolute Gasteiger partial charge is 0.319 e. The Kier molecular flexibility index (Phi) is 6.09. The van der Waals surface area contributed by atoms with Crippen molar-refractivity contribution in [1.82, 2.24) is 5.32 Å². The quantitative estimate of drug-likeness (QED) is 0.799. The minimum atomic E-state index is 0.870. The van der Waals surface area contributed by atoms with Crippen molar-refractivity contribution in [3.63, 3.8) is 0 Å². The zero-order valence-electron chi connectivity index (χ0n) is 13.5. The zero-order chi connectivity index (χ0) is 14.4. The van der Waals surface area contributed by atoms with E-state index in [-0.39, 0.29) is 0 Å². The molecule has 112 valence electrons. The van der Waals surface area contributed by atoms with Crippen molar-refractivity contribution in [3.05, 3.63) is 35.4 Å². The van der Waals surface area contributed by atoms with E-state index < -0.39 is 0 Å². The van der Waals surface area contributed by atoms with Crippen LogP contribution in [0.4, 0.5) is 0 Å². The number of nitrogens with one attached hydrogen (secondary N) is 1. The predicted octanol–water partition coefficient (Wildman–Crippen LogP) is 4.59. The van der Waals surface area contributed by atoms with E-state index in [9.17, 15) is 0 Å². The van der Waals surface area contributed by atoms with E-state index in [0.29, 0.717) is 0 Å². The smallest absolute Gasteiger partial charge is 0.00208 e. The molecule has 1 fully saturated rings. The molecule has 0 bridgehead atoms. The fourth-order valence-electron chi connectivity index (χ4n) is 3.90. The number of rotatable bonds is 6. The molecule has 0 saturated heterocycles. The summed E-state index contributed by atoms with van der Waals surface area (Å²) in [5.74, 6) is 2.72. The normalized spacial score (nSPS) is 26.6. The molecular formula is C19H31N. The fraction of sp³-hybridized carbons (Fsp3) is 0.684. The highest BCUT2D eigenvalue weighted by molar-refractivity contribution is 5.21. The molecule has 0 heterocycles. The molecule has 0 aromatic heterocycles. The first-order valence-corrected chi connectivity index (χ1v) is 8.43. The van der Waals surface area contributed by atoms with E-state index >= 15 is 0 Å². The van der Waals surface area contributed by atoms with Gasteiger partial charge in [0, 0.05) is 0 Å². The zero-order valence-corrected chi connectivity index (χ0v) is 13.5. The van der Waals surface area contributed by atoms with Crippen molar-refractivity contribution in [2.75, 3.05) is 13.6 Å². The van der Waals surface area contributed by atoms with Gasteiger partial charge in [0.1, 0.15) is 0 Å². The number of aryl methyl sites for hydroxylation is 1. The molecule has 0 aliphatic heterocycles. The molecule has 0 radical (unpaired) electrons. The van der Waals surface area contributed by atoms with Gasteiger partial charge >= 0.3 is 0 Å². The van der Waals surface area contributed by atoms with Gasteiger partial charge in [-0.05, 0) is 63.1 Å². The lowest BCUT2D eigenvalue weighted by molar-refractivity contribution is 0.169. The van der Waals surface area contributed by atoms with Crippen LogP contribution in [0.1, 0.15) is 50.2 Å². The van der Waals surface area contributed by atoms with Crippen LogP contribution in [0, 0.1) is 24.7 Å². The van der Waals surface area contributed by atoms with Crippen molar-refractivity contribution < 1.29 is 0 Å². The standard InChI is InChI=1S/C19H31N/c1-4-5-16-10-11-18(14-20-3)19(12-16)13-17-8-6-15(2)7-9-17/h6-9,16,18-20H,4-5,10-14H2,1-3H3. The summed E-state index contributed by atoms with van der Waals surface area (Å²) in [6.07, 6.45) is 8.35. The SMILES string of the molecule is CCCC1CCC(CNC)C(Cc2ccc(C)cc2)C1. The molecular weight excluding hydrogens is 242 g/mol. The summed E-state index contributed by atoms with van der Waals surface area (Å²) >= 11 is 0. The molecule has 1 N–H and O–H groups in total. The van der Waals surface area contributed by atoms with Gasteiger partial charge in [-0.15, -0.1) is 0 Å². The average molecular weight is 273 g/mol. The number of hydrogen-bond donors (Lipinski definition) is 1. The highest BCUT2D eigenvalue weighted by atomic mass is 14.8. The molecule has 0 spiro atoms. The minimum absolute atomic E-state index is 0.870. The van der Waals surface area contributed by atoms with Gasteiger partial charge in [0.25, 0.3) is 0 Å². The lowest BCUT2D eigenvalue weighted by Gasteiger charge is -2.36. The van der Waals surface area contributed by atoms with Crippen LogP contribution in [-0.4, -0.2) is 13.6 Å². The third-order valence-electron chi connectivity index (χ3n) is 5.03. The first kappa shape index (κ1) is 15.6. The van der Waals surface area contributed by atoms with Gasteiger partial charge in [-0.3, -0.25) is 0 Å². The molecule has 1 saturated carbocycles. The average Bonchev–Trinajstić information content (AvgIpc) is 2.45. The van der Waals surface area contributed by atoms with Crippen LogP contribution >= 0.6 is 0 Å². The first-order valence-electron chi connectivity index (χ1n) is 8.43. The van der Waals surface area contributed by atoms with Crippen molar-refractivity contribution in [2.24, 2.45) is 17.8 Å². The lowest BCUT2D eigenvalue weighted by atomic mass is 9.70. The predicted molar refractivity (Wildman–Crippen MR) is 88.0 cm³/mol. The second-order valence-corrected chi connectivity index (χ2v) is 6.74. The summed E-state index contributed by atoms with van der Waals surface area (Å²) in [6.45, 7) is 5.69. The Morgan fingerprint density at radius 2 is 1.85 bits per heavy atom. The molecule has 1 aromatic carbocycles. The summed E-state index contributed by atoms with van der Waals surface area (Å²) in [5.41, 5.74) is 2.90. The minimum Gasteiger partial charge on any atom is -0.319 e. The maximum absolute atomic E-state index is 3.41. The van der Waals surface area contributed by atoms with Crippen molar-refractivity contribution in [2.45, 2.75) is 52.4 Å². The highest BCUT2D eigenvalue weighted by Crippen LogP contribution is 2.37. The van der Waals surface area contributed by atoms with Crippen LogP contribution in [0.25, 0.3) is 0 Å². The number of hydrogen-bond acceptors (Lipinski definition) is 1. The Bertz CT molecular complexity index is 381. The molecule has 1 aliphatic rings. The van der Waals surface area contributed by atoms with E-state index in [1.54, 1.807) is 0 Å². The molecule has 1 heteroatoms. The van der Waals surface area contributed by atoms with Crippen LogP contribution in [0.2, 0.25) is 0 Å². The van der Waals surface area contributed by atoms with Crippen LogP contribution in [0.15, 0.2) is 24.3 Å². The molecule has 1 aliphatic carbocycles. The summed E-state index contributed by atoms with van der Waals surface area (Å²) in [4.78, 5) is 0. The monoisotopic (exact) mass is 273 g/mol. The molecule has 3 atom stereocenters. The van der Waals surface area contributed by atoms with Crippen molar-refractivity contribution in [1.29, 1.82) is 0 Å². The lowest BCUT2D eigenvalue weighted by Crippen LogP contribution is -2.33. The summed E-state index contributed by atoms with van der Waals surface area (Å²) in [7, 11) is 2.10. The third kappa shape index (κ3) is 4.34. The number of benzene rings is 1. The Morgan fingerprint density at radius 1 is 1.10 bits per heavy atom. The maximum Gasteiger partial charge on any atom is -0.00208 e. The van der Waals surface area contributed by atoms with E-state index in [1.165, 1.54) is 56.2 Å². The summed E-state index contributed by atoms with van der Waals surface area (Å²) in [6, 6.07) is 9.17. The van der Waals surface area contributed by atoms with Crippen LogP contribution < -0.4 is 5.32 Å². The second kappa shape index (κ2) is 7.83. The molecule has 1 aromatic rings. The van der Waals surface area contributed by atoms with E-state index in [4.69, 9.17) is 0 Å². The van der Waals surface area contributed by atoms with Gasteiger partial charge in [-0.25, -0.2) is 0 Å². The van der Waals surface area contributed by atoms with E-state index in [0.717, 1.165) is 17.8 Å². The Balaban J connectivity index is 2.00. The van der Waals surface area contributed by atoms with Crippen molar-refractivity contribution >= 4 is 0 Å². The van der Waals surface area contributed by atoms with Gasteiger partial charge < -0.3 is 5.32 Å². The fourth-order valence-corrected chi connectivity index (χ4v) is 3.90. The highest BCUT2D eigenvalue weighted by Gasteiger charge is 2.29. The van der Waals surface area contributed by atoms with Crippen LogP contribution in [0.5, 0.6) is 0 Å². The van der Waals surface area contributed by atoms with Crippen molar-refractivity contribution in [3.8, 4) is 0 Å². The van der Waals surface area contributed by atoms with Gasteiger partial charge in [-0.2, -0.15) is 0 Å². The molecule has 1 nitrogen and oxygen atoms in total. The Morgan fingerprint density at radius 3 is 2.50 bits per heavy atom. The maximum atomic E-state index is 3.41. The molecule has 0 amide bonds. The third-order valence-corrected chi connectivity index (χ3v) is 5.03. The Labute approximate surface area is 125 Å². The summed E-state index contributed by atoms with van der Waals surface area (Å²) < 4.78 is 0. The van der Waals surface area contributed by atoms with E-state index in [1.807, 2.05) is 0 Å². The first-order chi connectivity index (χ1) is 9.72. The van der Waals surface area contributed by atoms with Gasteiger partial charge in [0.05, 0.1) is 0 Å². The van der Waals surface area contributed by atoms with Crippen LogP contribution in [-0.2, 0) is 6.42 Å². The van der Waals surface area contributed by atoms with E-state index in [2.05, 4.69) is 50.5 Å². The molecule has 20 heavy (non-hydrogen) atoms. The van der Waals surface area contributed by atoms with Crippen LogP contribution in [0.3, 0.4) is 0 Å². The van der Waals surface area contributed by atoms with Gasteiger partial charge in [0.2, 0.25) is 0 Å². The van der Waals surface area contributed by atoms with Gasteiger partial charge in [0.15, 0.2) is 0 Å². The second-order valence-electron chi connectivity index (χ2n) is 6.74. The topological polar surface area (TPSA) is 12.0 Å². The molecule has 2 rings (SSSR count). The van der Waals surface area contributed by atoms with Gasteiger partial charge in [-0.1, -0.05) is 56.0 Å². The molecule has 3 unspecified atom stereocenters. The summed E-state index contributed by atoms with van der Waals surface area (Å²) in [5, 5.41) is 3.41.